The molecule has 0 fully saturated rings. The van der Waals surface area contributed by atoms with E-state index in [1.807, 2.05) is 0 Å². The first kappa shape index (κ1) is 9.90. The Balaban J connectivity index is 3.54. The van der Waals surface area contributed by atoms with Crippen LogP contribution in [0.4, 0.5) is 0 Å². The van der Waals surface area contributed by atoms with Gasteiger partial charge in [0, 0.05) is 0 Å². The first-order valence-corrected chi connectivity index (χ1v) is 3.18. The highest BCUT2D eigenvalue weighted by Gasteiger charge is 2.08. The van der Waals surface area contributed by atoms with E-state index >= 15 is 0 Å². The number of rotatable bonds is 3. The summed E-state index contributed by atoms with van der Waals surface area (Å²) in [5.41, 5.74) is 5.20. The predicted molar refractivity (Wildman–Crippen MR) is 38.7 cm³/mol. The SMILES string of the molecule is COC(=O)CNC(=O)[C@@H](C)N. The summed E-state index contributed by atoms with van der Waals surface area (Å²) in [6.07, 6.45) is 0. The van der Waals surface area contributed by atoms with Crippen molar-refractivity contribution in [2.75, 3.05) is 13.7 Å². The number of nitrogens with two attached hydrogens (primary N) is 1. The van der Waals surface area contributed by atoms with Gasteiger partial charge in [-0.25, -0.2) is 0 Å². The number of methoxy groups -OCH3 is 1. The Morgan fingerprint density at radius 3 is 2.55 bits per heavy atom. The molecule has 1 atom stereocenters. The lowest BCUT2D eigenvalue weighted by Crippen LogP contribution is -2.40. The number of carbonyl (C=O) groups is 2. The van der Waals surface area contributed by atoms with Crippen LogP contribution >= 0.6 is 0 Å². The van der Waals surface area contributed by atoms with Crippen molar-refractivity contribution < 1.29 is 14.3 Å². The molecule has 0 aromatic carbocycles. The van der Waals surface area contributed by atoms with E-state index in [9.17, 15) is 9.59 Å². The van der Waals surface area contributed by atoms with Crippen LogP contribution < -0.4 is 11.1 Å². The van der Waals surface area contributed by atoms with Crippen LogP contribution in [-0.2, 0) is 14.3 Å². The van der Waals surface area contributed by atoms with Crippen LogP contribution in [0.3, 0.4) is 0 Å². The number of amides is 1. The van der Waals surface area contributed by atoms with Crippen molar-refractivity contribution in [3.63, 3.8) is 0 Å². The number of hydrogen-bond acceptors (Lipinski definition) is 4. The first-order chi connectivity index (χ1) is 5.07. The molecule has 0 bridgehead atoms. The molecule has 0 spiro atoms. The fraction of sp³-hybridized carbons (Fsp3) is 0.667. The van der Waals surface area contributed by atoms with Gasteiger partial charge in [0.05, 0.1) is 13.2 Å². The minimum absolute atomic E-state index is 0.128. The van der Waals surface area contributed by atoms with Crippen LogP contribution in [0.1, 0.15) is 6.92 Å². The highest BCUT2D eigenvalue weighted by atomic mass is 16.5. The van der Waals surface area contributed by atoms with Gasteiger partial charge in [-0.2, -0.15) is 0 Å². The molecule has 0 aliphatic heterocycles. The molecule has 0 aliphatic carbocycles. The molecular formula is C6H12N2O3. The molecular weight excluding hydrogens is 148 g/mol. The maximum Gasteiger partial charge on any atom is 0.325 e. The minimum Gasteiger partial charge on any atom is -0.468 e. The lowest BCUT2D eigenvalue weighted by atomic mass is 10.3. The zero-order valence-electron chi connectivity index (χ0n) is 6.59. The summed E-state index contributed by atoms with van der Waals surface area (Å²) in [7, 11) is 1.25. The van der Waals surface area contributed by atoms with Crippen LogP contribution in [0.25, 0.3) is 0 Å². The molecule has 0 aromatic heterocycles. The molecule has 0 unspecified atom stereocenters. The van der Waals surface area contributed by atoms with Crippen molar-refractivity contribution in [1.29, 1.82) is 0 Å². The van der Waals surface area contributed by atoms with Gasteiger partial charge in [-0.1, -0.05) is 0 Å². The molecule has 0 rings (SSSR count). The topological polar surface area (TPSA) is 81.4 Å². The molecule has 0 aliphatic rings. The Bertz CT molecular complexity index is 156. The lowest BCUT2D eigenvalue weighted by molar-refractivity contribution is -0.141. The second kappa shape index (κ2) is 4.68. The van der Waals surface area contributed by atoms with Gasteiger partial charge in [0.25, 0.3) is 0 Å². The molecule has 5 heteroatoms. The second-order valence-corrected chi connectivity index (χ2v) is 2.08. The summed E-state index contributed by atoms with van der Waals surface area (Å²) in [5.74, 6) is -0.852. The predicted octanol–water partition coefficient (Wildman–Crippen LogP) is -1.38. The third kappa shape index (κ3) is 4.32. The molecule has 0 radical (unpaired) electrons. The summed E-state index contributed by atoms with van der Waals surface area (Å²) in [5, 5.41) is 2.29. The van der Waals surface area contributed by atoms with Crippen LogP contribution in [0.5, 0.6) is 0 Å². The van der Waals surface area contributed by atoms with Gasteiger partial charge in [0.1, 0.15) is 6.54 Å². The van der Waals surface area contributed by atoms with E-state index in [1.165, 1.54) is 14.0 Å². The highest BCUT2D eigenvalue weighted by Crippen LogP contribution is 1.75. The fourth-order valence-electron chi connectivity index (χ4n) is 0.392. The highest BCUT2D eigenvalue weighted by molar-refractivity contribution is 5.85. The molecule has 64 valence electrons. The van der Waals surface area contributed by atoms with Gasteiger partial charge in [-0.3, -0.25) is 9.59 Å². The third-order valence-corrected chi connectivity index (χ3v) is 1.05. The molecule has 5 nitrogen and oxygen atoms in total. The van der Waals surface area contributed by atoms with Crippen LogP contribution in [0.2, 0.25) is 0 Å². The Kier molecular flexibility index (Phi) is 4.21. The quantitative estimate of drug-likeness (QED) is 0.499. The van der Waals surface area contributed by atoms with Crippen molar-refractivity contribution in [2.24, 2.45) is 5.73 Å². The number of esters is 1. The lowest BCUT2D eigenvalue weighted by Gasteiger charge is -2.05. The Hall–Kier alpha value is -1.10. The van der Waals surface area contributed by atoms with E-state index in [-0.39, 0.29) is 12.5 Å². The first-order valence-electron chi connectivity index (χ1n) is 3.18. The number of hydrogen-bond donors (Lipinski definition) is 2. The van der Waals surface area contributed by atoms with E-state index in [4.69, 9.17) is 5.73 Å². The largest absolute Gasteiger partial charge is 0.468 e. The van der Waals surface area contributed by atoms with Gasteiger partial charge in [0.2, 0.25) is 5.91 Å². The van der Waals surface area contributed by atoms with E-state index in [2.05, 4.69) is 10.1 Å². The van der Waals surface area contributed by atoms with Crippen LogP contribution in [0.15, 0.2) is 0 Å². The van der Waals surface area contributed by atoms with E-state index in [0.717, 1.165) is 0 Å². The number of carbonyl (C=O) groups excluding carboxylic acids is 2. The van der Waals surface area contributed by atoms with Gasteiger partial charge in [-0.15, -0.1) is 0 Å². The molecule has 0 heterocycles. The summed E-state index contributed by atoms with van der Waals surface area (Å²) >= 11 is 0. The fourth-order valence-corrected chi connectivity index (χ4v) is 0.392. The number of nitrogens with one attached hydrogen (secondary N) is 1. The summed E-state index contributed by atoms with van der Waals surface area (Å²) < 4.78 is 4.29. The summed E-state index contributed by atoms with van der Waals surface area (Å²) in [6.45, 7) is 1.41. The zero-order chi connectivity index (χ0) is 8.85. The van der Waals surface area contributed by atoms with Crippen molar-refractivity contribution >= 4 is 11.9 Å². The molecule has 0 aromatic rings. The average Bonchev–Trinajstić information content (AvgIpc) is 1.99. The number of ether oxygens (including phenoxy) is 1. The normalized spacial score (nSPS) is 11.9. The van der Waals surface area contributed by atoms with Crippen LogP contribution in [0, 0.1) is 0 Å². The average molecular weight is 160 g/mol. The zero-order valence-corrected chi connectivity index (χ0v) is 6.59. The van der Waals surface area contributed by atoms with Crippen molar-refractivity contribution in [1.82, 2.24) is 5.32 Å². The maximum absolute atomic E-state index is 10.7. The summed E-state index contributed by atoms with van der Waals surface area (Å²) in [6, 6.07) is -0.598. The van der Waals surface area contributed by atoms with Gasteiger partial charge in [-0.05, 0) is 6.92 Å². The van der Waals surface area contributed by atoms with Gasteiger partial charge >= 0.3 is 5.97 Å². The van der Waals surface area contributed by atoms with Gasteiger partial charge in [0.15, 0.2) is 0 Å². The monoisotopic (exact) mass is 160 g/mol. The van der Waals surface area contributed by atoms with Gasteiger partial charge < -0.3 is 15.8 Å². The Morgan fingerprint density at radius 2 is 2.18 bits per heavy atom. The molecule has 0 saturated carbocycles. The maximum atomic E-state index is 10.7. The molecule has 1 amide bonds. The summed E-state index contributed by atoms with van der Waals surface area (Å²) in [4.78, 5) is 21.2. The standard InChI is InChI=1S/C6H12N2O3/c1-4(7)6(10)8-3-5(9)11-2/h4H,3,7H2,1-2H3,(H,8,10)/t4-/m1/s1. The molecule has 11 heavy (non-hydrogen) atoms. The van der Waals surface area contributed by atoms with Crippen molar-refractivity contribution in [2.45, 2.75) is 13.0 Å². The van der Waals surface area contributed by atoms with E-state index < -0.39 is 12.0 Å². The molecule has 0 saturated heterocycles. The van der Waals surface area contributed by atoms with Crippen molar-refractivity contribution in [3.05, 3.63) is 0 Å². The van der Waals surface area contributed by atoms with Crippen LogP contribution in [-0.4, -0.2) is 31.6 Å². The third-order valence-electron chi connectivity index (χ3n) is 1.05. The Morgan fingerprint density at radius 1 is 1.64 bits per heavy atom. The molecule has 3 N–H and O–H groups in total. The smallest absolute Gasteiger partial charge is 0.325 e. The van der Waals surface area contributed by atoms with E-state index in [0.29, 0.717) is 0 Å². The van der Waals surface area contributed by atoms with Crippen molar-refractivity contribution in [3.8, 4) is 0 Å². The second-order valence-electron chi connectivity index (χ2n) is 2.08. The van der Waals surface area contributed by atoms with E-state index in [1.54, 1.807) is 0 Å². The minimum atomic E-state index is -0.598. The Labute approximate surface area is 64.9 Å².